The smallest absolute Gasteiger partial charge is 0.407 e. The number of carbonyl (C=O) groups excluding carboxylic acids is 1. The number of aliphatic carboxylic acids is 1. The molecule has 0 radical (unpaired) electrons. The number of carbonyl (C=O) groups is 2. The molecule has 192 valence electrons. The molecular weight excluding hydrogens is 509 g/mol. The number of amides is 1. The molecule has 0 saturated carbocycles. The Hall–Kier alpha value is -3.94. The minimum Gasteiger partial charge on any atom is -0.481 e. The largest absolute Gasteiger partial charge is 0.481 e. The Morgan fingerprint density at radius 3 is 2.58 bits per heavy atom. The Labute approximate surface area is 207 Å². The number of carboxylic acid groups (broad SMARTS) is 1. The fraction of sp³-hybridized carbons (Fsp3) is 0.333. The number of pyridine rings is 1. The maximum Gasteiger partial charge on any atom is 0.407 e. The number of aromatic nitrogens is 5. The van der Waals surface area contributed by atoms with Gasteiger partial charge < -0.3 is 19.9 Å². The van der Waals surface area contributed by atoms with Crippen LogP contribution in [0.2, 0.25) is 5.02 Å². The van der Waals surface area contributed by atoms with Crippen LogP contribution in [0.3, 0.4) is 0 Å². The van der Waals surface area contributed by atoms with Crippen molar-refractivity contribution in [3.63, 3.8) is 0 Å². The number of hydrogen-bond acceptors (Lipinski definition) is 8. The molecule has 15 heteroatoms. The molecule has 11 nitrogen and oxygen atoms in total. The number of tetrazole rings is 1. The summed E-state index contributed by atoms with van der Waals surface area (Å²) in [5, 5.41) is 22.8. The minimum atomic E-state index is -1.46. The van der Waals surface area contributed by atoms with Crippen LogP contribution in [-0.2, 0) is 16.1 Å². The number of nitrogens with zero attached hydrogens (tertiary/aromatic N) is 5. The van der Waals surface area contributed by atoms with Crippen molar-refractivity contribution in [3.05, 3.63) is 46.9 Å². The average molecular weight is 529 g/mol. The summed E-state index contributed by atoms with van der Waals surface area (Å²) in [4.78, 5) is 27.7. The highest BCUT2D eigenvalue weighted by atomic mass is 35.5. The molecule has 2 N–H and O–H groups in total. The number of ether oxygens (including phenoxy) is 2. The van der Waals surface area contributed by atoms with Gasteiger partial charge in [0.1, 0.15) is 5.60 Å². The number of carboxylic acids is 1. The first-order chi connectivity index (χ1) is 16.8. The predicted molar refractivity (Wildman–Crippen MR) is 118 cm³/mol. The van der Waals surface area contributed by atoms with Crippen molar-refractivity contribution in [1.82, 2.24) is 30.5 Å². The summed E-state index contributed by atoms with van der Waals surface area (Å²) in [6.45, 7) is 4.65. The van der Waals surface area contributed by atoms with Crippen LogP contribution >= 0.6 is 11.6 Å². The van der Waals surface area contributed by atoms with Gasteiger partial charge in [-0.15, -0.1) is 10.2 Å². The molecule has 0 bridgehead atoms. The van der Waals surface area contributed by atoms with Crippen molar-refractivity contribution in [2.45, 2.75) is 45.4 Å². The van der Waals surface area contributed by atoms with Crippen LogP contribution in [0.15, 0.2) is 24.4 Å². The topological polar surface area (TPSA) is 141 Å². The van der Waals surface area contributed by atoms with E-state index in [9.17, 15) is 22.8 Å². The van der Waals surface area contributed by atoms with E-state index in [0.29, 0.717) is 0 Å². The standard InChI is InChI=1S/C21H20ClF3N6O5/c1-21(2,3)36-20(34)27-11(7-15(32)33)9-31-29-18(28-30-31)12-4-5-14(17(25)16(12)24)35-19-13(23)6-10(22)8-26-19/h4-6,8,11H,7,9H2,1-3H3,(H,27,34)(H,32,33)/t11-/m0/s1. The number of benzene rings is 1. The van der Waals surface area contributed by atoms with Crippen molar-refractivity contribution < 1.29 is 37.3 Å². The summed E-state index contributed by atoms with van der Waals surface area (Å²) in [7, 11) is 0. The third-order valence-electron chi connectivity index (χ3n) is 4.25. The predicted octanol–water partition coefficient (Wildman–Crippen LogP) is 3.97. The van der Waals surface area contributed by atoms with Gasteiger partial charge in [-0.3, -0.25) is 4.79 Å². The van der Waals surface area contributed by atoms with E-state index < -0.39 is 64.8 Å². The summed E-state index contributed by atoms with van der Waals surface area (Å²) in [6, 6.07) is 1.99. The van der Waals surface area contributed by atoms with Crippen LogP contribution in [0, 0.1) is 17.5 Å². The average Bonchev–Trinajstić information content (AvgIpc) is 3.19. The van der Waals surface area contributed by atoms with E-state index in [4.69, 9.17) is 26.2 Å². The van der Waals surface area contributed by atoms with Crippen LogP contribution < -0.4 is 10.1 Å². The van der Waals surface area contributed by atoms with Gasteiger partial charge in [0.05, 0.1) is 29.6 Å². The molecule has 1 aromatic carbocycles. The number of rotatable bonds is 8. The molecular formula is C21H20ClF3N6O5. The molecule has 1 amide bonds. The highest BCUT2D eigenvalue weighted by Gasteiger charge is 2.24. The van der Waals surface area contributed by atoms with Gasteiger partial charge in [-0.25, -0.2) is 18.6 Å². The first kappa shape index (κ1) is 26.7. The van der Waals surface area contributed by atoms with Crippen molar-refractivity contribution >= 4 is 23.7 Å². The Kier molecular flexibility index (Phi) is 7.97. The van der Waals surface area contributed by atoms with Gasteiger partial charge in [0.15, 0.2) is 17.4 Å². The number of alkyl carbamates (subject to hydrolysis) is 1. The molecule has 0 spiro atoms. The van der Waals surface area contributed by atoms with Crippen LogP contribution in [0.1, 0.15) is 27.2 Å². The van der Waals surface area contributed by atoms with E-state index in [-0.39, 0.29) is 17.4 Å². The van der Waals surface area contributed by atoms with Crippen LogP contribution in [0.5, 0.6) is 11.6 Å². The van der Waals surface area contributed by atoms with Gasteiger partial charge >= 0.3 is 12.1 Å². The molecule has 2 aromatic heterocycles. The van der Waals surface area contributed by atoms with Gasteiger partial charge in [0, 0.05) is 6.20 Å². The lowest BCUT2D eigenvalue weighted by Gasteiger charge is -2.22. The van der Waals surface area contributed by atoms with Gasteiger partial charge in [0.25, 0.3) is 5.88 Å². The van der Waals surface area contributed by atoms with E-state index in [1.54, 1.807) is 20.8 Å². The fourth-order valence-electron chi connectivity index (χ4n) is 2.84. The van der Waals surface area contributed by atoms with Crippen molar-refractivity contribution in [2.75, 3.05) is 0 Å². The first-order valence-corrected chi connectivity index (χ1v) is 10.7. The maximum atomic E-state index is 14.7. The molecule has 2 heterocycles. The minimum absolute atomic E-state index is 0.0112. The van der Waals surface area contributed by atoms with E-state index in [1.165, 1.54) is 0 Å². The molecule has 0 aliphatic carbocycles. The third-order valence-corrected chi connectivity index (χ3v) is 4.45. The molecule has 0 aliphatic heterocycles. The van der Waals surface area contributed by atoms with Gasteiger partial charge in [-0.1, -0.05) is 11.6 Å². The molecule has 3 rings (SSSR count). The van der Waals surface area contributed by atoms with E-state index in [1.807, 2.05) is 0 Å². The zero-order chi connectivity index (χ0) is 26.6. The second kappa shape index (κ2) is 10.8. The van der Waals surface area contributed by atoms with Gasteiger partial charge in [-0.2, -0.15) is 9.19 Å². The van der Waals surface area contributed by atoms with Crippen LogP contribution in [0.25, 0.3) is 11.4 Å². The second-order valence-corrected chi connectivity index (χ2v) is 8.83. The third kappa shape index (κ3) is 7.04. The number of hydrogen-bond donors (Lipinski definition) is 2. The van der Waals surface area contributed by atoms with Gasteiger partial charge in [-0.05, 0) is 44.2 Å². The molecule has 0 unspecified atom stereocenters. The summed E-state index contributed by atoms with van der Waals surface area (Å²) in [6.07, 6.45) is -0.287. The normalized spacial score (nSPS) is 12.2. The Morgan fingerprint density at radius 1 is 1.22 bits per heavy atom. The summed E-state index contributed by atoms with van der Waals surface area (Å²) in [5.74, 6) is -6.67. The lowest BCUT2D eigenvalue weighted by Crippen LogP contribution is -2.42. The van der Waals surface area contributed by atoms with Crippen molar-refractivity contribution in [2.24, 2.45) is 0 Å². The highest BCUT2D eigenvalue weighted by Crippen LogP contribution is 2.31. The van der Waals surface area contributed by atoms with Crippen LogP contribution in [-0.4, -0.2) is 54.0 Å². The van der Waals surface area contributed by atoms with E-state index in [0.717, 1.165) is 29.2 Å². The highest BCUT2D eigenvalue weighted by molar-refractivity contribution is 6.30. The van der Waals surface area contributed by atoms with E-state index >= 15 is 0 Å². The zero-order valence-corrected chi connectivity index (χ0v) is 19.9. The molecule has 0 aliphatic rings. The van der Waals surface area contributed by atoms with Crippen molar-refractivity contribution in [1.29, 1.82) is 0 Å². The molecule has 1 atom stereocenters. The van der Waals surface area contributed by atoms with Gasteiger partial charge in [0.2, 0.25) is 11.6 Å². The molecule has 36 heavy (non-hydrogen) atoms. The molecule has 0 fully saturated rings. The number of nitrogens with one attached hydrogen (secondary N) is 1. The lowest BCUT2D eigenvalue weighted by atomic mass is 10.2. The Bertz CT molecular complexity index is 1280. The summed E-state index contributed by atoms with van der Waals surface area (Å²) in [5.41, 5.74) is -1.21. The molecule has 0 saturated heterocycles. The second-order valence-electron chi connectivity index (χ2n) is 8.39. The van der Waals surface area contributed by atoms with Crippen molar-refractivity contribution in [3.8, 4) is 23.0 Å². The number of halogens is 4. The Morgan fingerprint density at radius 2 is 1.94 bits per heavy atom. The lowest BCUT2D eigenvalue weighted by molar-refractivity contribution is -0.137. The quantitative estimate of drug-likeness (QED) is 0.444. The van der Waals surface area contributed by atoms with Crippen LogP contribution in [0.4, 0.5) is 18.0 Å². The zero-order valence-electron chi connectivity index (χ0n) is 19.1. The summed E-state index contributed by atoms with van der Waals surface area (Å²) < 4.78 is 53.3. The molecule has 3 aromatic rings. The fourth-order valence-corrected chi connectivity index (χ4v) is 2.98. The van der Waals surface area contributed by atoms with E-state index in [2.05, 4.69) is 25.7 Å². The summed E-state index contributed by atoms with van der Waals surface area (Å²) >= 11 is 5.60. The Balaban J connectivity index is 1.77. The monoisotopic (exact) mass is 528 g/mol. The SMILES string of the molecule is CC(C)(C)OC(=O)N[C@@H](CC(=O)O)Cn1nnc(-c2ccc(Oc3ncc(Cl)cc3F)c(F)c2F)n1. The maximum absolute atomic E-state index is 14.7. The first-order valence-electron chi connectivity index (χ1n) is 10.3.